The average molecular weight is 376 g/mol. The molecular formula is C21H33N3OS. The Kier molecular flexibility index (Phi) is 6.21. The predicted octanol–water partition coefficient (Wildman–Crippen LogP) is 3.59. The maximum atomic E-state index is 12.4. The van der Waals surface area contributed by atoms with E-state index in [0.29, 0.717) is 5.91 Å². The summed E-state index contributed by atoms with van der Waals surface area (Å²) >= 11 is 1.88. The van der Waals surface area contributed by atoms with Crippen LogP contribution in [0.2, 0.25) is 0 Å². The van der Waals surface area contributed by atoms with Gasteiger partial charge >= 0.3 is 0 Å². The molecule has 0 unspecified atom stereocenters. The number of allylic oxidation sites excluding steroid dienone is 1. The fourth-order valence-corrected chi connectivity index (χ4v) is 5.06. The fourth-order valence-electron chi connectivity index (χ4n) is 4.14. The molecule has 4 nitrogen and oxygen atoms in total. The first-order valence-corrected chi connectivity index (χ1v) is 10.6. The van der Waals surface area contributed by atoms with Gasteiger partial charge in [-0.1, -0.05) is 11.6 Å². The average Bonchev–Trinajstić information content (AvgIpc) is 3.12. The van der Waals surface area contributed by atoms with Crippen LogP contribution < -0.4 is 0 Å². The van der Waals surface area contributed by atoms with E-state index in [1.165, 1.54) is 16.0 Å². The molecule has 144 valence electrons. The zero-order chi connectivity index (χ0) is 18.7. The van der Waals surface area contributed by atoms with E-state index < -0.39 is 0 Å². The monoisotopic (exact) mass is 375 g/mol. The third-order valence-electron chi connectivity index (χ3n) is 5.63. The highest BCUT2D eigenvalue weighted by Gasteiger charge is 2.44. The van der Waals surface area contributed by atoms with Gasteiger partial charge in [-0.25, -0.2) is 0 Å². The van der Waals surface area contributed by atoms with Crippen molar-refractivity contribution in [3.63, 3.8) is 0 Å². The quantitative estimate of drug-likeness (QED) is 0.711. The molecule has 2 saturated heterocycles. The number of amides is 1. The number of nitrogens with zero attached hydrogens (tertiary/aromatic N) is 3. The van der Waals surface area contributed by atoms with Gasteiger partial charge in [0.2, 0.25) is 5.91 Å². The molecule has 3 rings (SSSR count). The molecule has 1 amide bonds. The van der Waals surface area contributed by atoms with E-state index in [-0.39, 0.29) is 5.41 Å². The lowest BCUT2D eigenvalue weighted by Gasteiger charge is -2.38. The number of thiophene rings is 1. The summed E-state index contributed by atoms with van der Waals surface area (Å²) in [6.45, 7) is 10.3. The van der Waals surface area contributed by atoms with Gasteiger partial charge in [-0.3, -0.25) is 9.69 Å². The lowest BCUT2D eigenvalue weighted by Crippen LogP contribution is -2.41. The molecule has 1 aromatic rings. The van der Waals surface area contributed by atoms with Crippen LogP contribution in [-0.4, -0.2) is 60.9 Å². The highest BCUT2D eigenvalue weighted by Crippen LogP contribution is 2.41. The summed E-state index contributed by atoms with van der Waals surface area (Å²) in [6.07, 6.45) is 5.23. The molecule has 5 heteroatoms. The van der Waals surface area contributed by atoms with E-state index in [9.17, 15) is 4.79 Å². The molecule has 1 spiro atoms. The minimum absolute atomic E-state index is 0.231. The maximum Gasteiger partial charge on any atom is 0.223 e. The van der Waals surface area contributed by atoms with Crippen molar-refractivity contribution in [2.24, 2.45) is 5.41 Å². The molecule has 0 N–H and O–H groups in total. The van der Waals surface area contributed by atoms with Crippen molar-refractivity contribution >= 4 is 17.2 Å². The largest absolute Gasteiger partial charge is 0.338 e. The Labute approximate surface area is 162 Å². The van der Waals surface area contributed by atoms with Crippen LogP contribution in [0.25, 0.3) is 0 Å². The minimum atomic E-state index is 0.231. The highest BCUT2D eigenvalue weighted by molar-refractivity contribution is 7.10. The molecule has 0 radical (unpaired) electrons. The van der Waals surface area contributed by atoms with Gasteiger partial charge in [0.25, 0.3) is 0 Å². The molecule has 0 aromatic carbocycles. The molecule has 0 aliphatic carbocycles. The topological polar surface area (TPSA) is 26.8 Å². The number of piperidine rings is 1. The summed E-state index contributed by atoms with van der Waals surface area (Å²) in [5.41, 5.74) is 2.94. The zero-order valence-corrected chi connectivity index (χ0v) is 17.6. The van der Waals surface area contributed by atoms with Crippen LogP contribution in [-0.2, 0) is 17.9 Å². The second-order valence-electron chi connectivity index (χ2n) is 8.67. The third kappa shape index (κ3) is 4.96. The van der Waals surface area contributed by atoms with Gasteiger partial charge < -0.3 is 9.80 Å². The lowest BCUT2D eigenvalue weighted by molar-refractivity contribution is -0.127. The Hall–Kier alpha value is -1.17. The van der Waals surface area contributed by atoms with Crippen LogP contribution in [0.5, 0.6) is 0 Å². The second-order valence-corrected chi connectivity index (χ2v) is 9.66. The second kappa shape index (κ2) is 8.24. The van der Waals surface area contributed by atoms with Gasteiger partial charge in [-0.15, -0.1) is 11.3 Å². The van der Waals surface area contributed by atoms with E-state index in [4.69, 9.17) is 0 Å². The molecule has 2 aliphatic heterocycles. The van der Waals surface area contributed by atoms with E-state index in [0.717, 1.165) is 58.5 Å². The van der Waals surface area contributed by atoms with Gasteiger partial charge in [0.05, 0.1) is 0 Å². The Balaban J connectivity index is 1.50. The van der Waals surface area contributed by atoms with Crippen molar-refractivity contribution in [1.29, 1.82) is 0 Å². The van der Waals surface area contributed by atoms with E-state index in [1.54, 1.807) is 0 Å². The molecule has 2 aliphatic rings. The summed E-state index contributed by atoms with van der Waals surface area (Å²) in [4.78, 5) is 20.7. The van der Waals surface area contributed by atoms with Crippen molar-refractivity contribution in [3.05, 3.63) is 33.5 Å². The number of hydrogen-bond acceptors (Lipinski definition) is 4. The standard InChI is InChI=1S/C21H33N3OS/c1-17(2)5-8-24-16-21(12-20(24)25)6-9-23(10-7-21)14-19-11-18(15-26-19)13-22(3)4/h5,11,15H,6-10,12-14,16H2,1-4H3. The minimum Gasteiger partial charge on any atom is -0.338 e. The van der Waals surface area contributed by atoms with E-state index in [1.807, 2.05) is 11.3 Å². The highest BCUT2D eigenvalue weighted by atomic mass is 32.1. The third-order valence-corrected chi connectivity index (χ3v) is 6.60. The van der Waals surface area contributed by atoms with E-state index in [2.05, 4.69) is 60.2 Å². The Morgan fingerprint density at radius 2 is 2.04 bits per heavy atom. The Bertz CT molecular complexity index is 652. The van der Waals surface area contributed by atoms with Crippen LogP contribution in [0, 0.1) is 5.41 Å². The van der Waals surface area contributed by atoms with Crippen LogP contribution in [0.3, 0.4) is 0 Å². The lowest BCUT2D eigenvalue weighted by atomic mass is 9.77. The first-order valence-electron chi connectivity index (χ1n) is 9.70. The van der Waals surface area contributed by atoms with Crippen molar-refractivity contribution in [1.82, 2.24) is 14.7 Å². The summed E-state index contributed by atoms with van der Waals surface area (Å²) in [6, 6.07) is 2.36. The Morgan fingerprint density at radius 1 is 1.31 bits per heavy atom. The number of carbonyl (C=O) groups is 1. The number of rotatable bonds is 6. The molecule has 26 heavy (non-hydrogen) atoms. The fraction of sp³-hybridized carbons (Fsp3) is 0.667. The number of likely N-dealkylation sites (tertiary alicyclic amines) is 2. The Morgan fingerprint density at radius 3 is 2.69 bits per heavy atom. The van der Waals surface area contributed by atoms with Crippen LogP contribution >= 0.6 is 11.3 Å². The summed E-state index contributed by atoms with van der Waals surface area (Å²) in [5, 5.41) is 2.29. The molecule has 0 atom stereocenters. The summed E-state index contributed by atoms with van der Waals surface area (Å²) in [5.74, 6) is 0.350. The molecule has 0 saturated carbocycles. The summed E-state index contributed by atoms with van der Waals surface area (Å²) in [7, 11) is 4.23. The van der Waals surface area contributed by atoms with Crippen LogP contribution in [0.4, 0.5) is 0 Å². The smallest absolute Gasteiger partial charge is 0.223 e. The maximum absolute atomic E-state index is 12.4. The van der Waals surface area contributed by atoms with Crippen molar-refractivity contribution in [2.75, 3.05) is 40.3 Å². The van der Waals surface area contributed by atoms with Crippen LogP contribution in [0.1, 0.15) is 43.6 Å². The van der Waals surface area contributed by atoms with Gasteiger partial charge in [0.15, 0.2) is 0 Å². The van der Waals surface area contributed by atoms with Crippen molar-refractivity contribution in [3.8, 4) is 0 Å². The van der Waals surface area contributed by atoms with E-state index >= 15 is 0 Å². The van der Waals surface area contributed by atoms with Gasteiger partial charge in [0, 0.05) is 37.5 Å². The van der Waals surface area contributed by atoms with Gasteiger partial charge in [-0.2, -0.15) is 0 Å². The first-order chi connectivity index (χ1) is 12.3. The normalized spacial score (nSPS) is 20.3. The molecular weight excluding hydrogens is 342 g/mol. The van der Waals surface area contributed by atoms with Gasteiger partial charge in [0.1, 0.15) is 0 Å². The molecule has 1 aromatic heterocycles. The van der Waals surface area contributed by atoms with Crippen molar-refractivity contribution in [2.45, 2.75) is 46.2 Å². The predicted molar refractivity (Wildman–Crippen MR) is 109 cm³/mol. The summed E-state index contributed by atoms with van der Waals surface area (Å²) < 4.78 is 0. The molecule has 0 bridgehead atoms. The zero-order valence-electron chi connectivity index (χ0n) is 16.8. The number of carbonyl (C=O) groups excluding carboxylic acids is 1. The molecule has 2 fully saturated rings. The number of hydrogen-bond donors (Lipinski definition) is 0. The van der Waals surface area contributed by atoms with Gasteiger partial charge in [-0.05, 0) is 76.3 Å². The van der Waals surface area contributed by atoms with Crippen LogP contribution in [0.15, 0.2) is 23.1 Å². The first kappa shape index (κ1) is 19.6. The van der Waals surface area contributed by atoms with Crippen molar-refractivity contribution < 1.29 is 4.79 Å². The molecule has 3 heterocycles. The SMILES string of the molecule is CC(C)=CCN1CC2(CCN(Cc3cc(CN(C)C)cs3)CC2)CC1=O.